The van der Waals surface area contributed by atoms with Gasteiger partial charge in [0, 0.05) is 11.1 Å². The molecule has 1 amide bonds. The Balaban J connectivity index is 1.77. The van der Waals surface area contributed by atoms with Gasteiger partial charge in [-0.2, -0.15) is 23.3 Å². The first-order valence-corrected chi connectivity index (χ1v) is 8.38. The van der Waals surface area contributed by atoms with Gasteiger partial charge in [0.2, 0.25) is 5.82 Å². The van der Waals surface area contributed by atoms with E-state index in [1.807, 2.05) is 6.92 Å². The highest BCUT2D eigenvalue weighted by atomic mass is 32.1. The Morgan fingerprint density at radius 1 is 1.48 bits per heavy atom. The minimum atomic E-state index is -4.69. The summed E-state index contributed by atoms with van der Waals surface area (Å²) in [6, 6.07) is 3.08. The van der Waals surface area contributed by atoms with Crippen LogP contribution in [0, 0.1) is 12.3 Å². The van der Waals surface area contributed by atoms with Gasteiger partial charge in [0.15, 0.2) is 0 Å². The molecule has 27 heavy (non-hydrogen) atoms. The fourth-order valence-corrected chi connectivity index (χ4v) is 3.15. The van der Waals surface area contributed by atoms with Crippen LogP contribution >= 0.6 is 11.3 Å². The third-order valence-electron chi connectivity index (χ3n) is 3.54. The molecule has 11 heteroatoms. The average Bonchev–Trinajstić information content (AvgIpc) is 3.37. The lowest BCUT2D eigenvalue weighted by Gasteiger charge is -2.09. The number of alkyl halides is 3. The molecule has 0 aliphatic carbocycles. The molecular weight excluding hydrogens is 383 g/mol. The van der Waals surface area contributed by atoms with Gasteiger partial charge in [0.05, 0.1) is 29.2 Å². The molecule has 7 nitrogen and oxygen atoms in total. The lowest BCUT2D eigenvalue weighted by molar-refractivity contribution is -0.159. The topological polar surface area (TPSA) is 85.8 Å². The van der Waals surface area contributed by atoms with Crippen molar-refractivity contribution in [3.05, 3.63) is 40.9 Å². The number of amides is 1. The number of hydrogen-bond donors (Lipinski definition) is 1. The molecule has 0 saturated heterocycles. The summed E-state index contributed by atoms with van der Waals surface area (Å²) in [6.07, 6.45) is 3.38. The molecule has 140 valence electrons. The second-order valence-electron chi connectivity index (χ2n) is 5.39. The lowest BCUT2D eigenvalue weighted by atomic mass is 10.2. The third-order valence-corrected chi connectivity index (χ3v) is 4.79. The molecule has 1 atom stereocenters. The van der Waals surface area contributed by atoms with Crippen molar-refractivity contribution in [2.45, 2.75) is 19.1 Å². The highest BCUT2D eigenvalue weighted by Crippen LogP contribution is 2.34. The standard InChI is InChI=1S/C16H12F3N5O2S/c1-3-6-20-14(25)10-7-21-24(8-10)9(2)11-4-5-12(27-11)13-22-15(26-23-13)16(17,18)19/h1,4-5,7-9H,6H2,2H3,(H,20,25). The van der Waals surface area contributed by atoms with Crippen molar-refractivity contribution in [1.82, 2.24) is 25.2 Å². The Labute approximate surface area is 155 Å². The van der Waals surface area contributed by atoms with Crippen LogP contribution in [0.1, 0.15) is 34.1 Å². The number of thiophene rings is 1. The number of aromatic nitrogens is 4. The van der Waals surface area contributed by atoms with E-state index >= 15 is 0 Å². The number of halogens is 3. The Morgan fingerprint density at radius 3 is 2.93 bits per heavy atom. The highest BCUT2D eigenvalue weighted by molar-refractivity contribution is 7.15. The van der Waals surface area contributed by atoms with E-state index in [9.17, 15) is 18.0 Å². The summed E-state index contributed by atoms with van der Waals surface area (Å²) in [7, 11) is 0. The first-order chi connectivity index (χ1) is 12.8. The molecule has 3 rings (SSSR count). The van der Waals surface area contributed by atoms with Gasteiger partial charge >= 0.3 is 12.1 Å². The molecule has 0 aliphatic rings. The summed E-state index contributed by atoms with van der Waals surface area (Å²) in [5.41, 5.74) is 0.349. The van der Waals surface area contributed by atoms with E-state index in [1.54, 1.807) is 23.0 Å². The van der Waals surface area contributed by atoms with Crippen molar-refractivity contribution in [3.8, 4) is 23.0 Å². The Bertz CT molecular complexity index is 998. The van der Waals surface area contributed by atoms with Gasteiger partial charge in [-0.25, -0.2) is 0 Å². The van der Waals surface area contributed by atoms with Crippen LogP contribution < -0.4 is 5.32 Å². The summed E-state index contributed by atoms with van der Waals surface area (Å²) >= 11 is 1.20. The molecule has 0 fully saturated rings. The van der Waals surface area contributed by atoms with Gasteiger partial charge in [0.25, 0.3) is 5.91 Å². The fourth-order valence-electron chi connectivity index (χ4n) is 2.17. The zero-order chi connectivity index (χ0) is 19.6. The number of rotatable bonds is 5. The van der Waals surface area contributed by atoms with Crippen LogP contribution in [0.5, 0.6) is 0 Å². The van der Waals surface area contributed by atoms with Gasteiger partial charge in [-0.1, -0.05) is 11.1 Å². The molecule has 1 unspecified atom stereocenters. The molecule has 0 radical (unpaired) electrons. The number of terminal acetylenes is 1. The Kier molecular flexibility index (Phi) is 5.00. The normalized spacial score (nSPS) is 12.6. The van der Waals surface area contributed by atoms with Gasteiger partial charge in [-0.3, -0.25) is 9.48 Å². The van der Waals surface area contributed by atoms with Crippen molar-refractivity contribution in [2.24, 2.45) is 0 Å². The summed E-state index contributed by atoms with van der Waals surface area (Å²) in [4.78, 5) is 16.5. The highest BCUT2D eigenvalue weighted by Gasteiger charge is 2.38. The molecule has 3 aromatic rings. The second-order valence-corrected chi connectivity index (χ2v) is 6.51. The van der Waals surface area contributed by atoms with E-state index in [-0.39, 0.29) is 24.3 Å². The molecule has 0 bridgehead atoms. The van der Waals surface area contributed by atoms with Crippen LogP contribution in [0.4, 0.5) is 13.2 Å². The first kappa shape index (κ1) is 18.7. The van der Waals surface area contributed by atoms with E-state index in [4.69, 9.17) is 6.42 Å². The third kappa shape index (κ3) is 4.01. The molecule has 0 aliphatic heterocycles. The maximum absolute atomic E-state index is 12.6. The van der Waals surface area contributed by atoms with Crippen LogP contribution in [0.3, 0.4) is 0 Å². The maximum Gasteiger partial charge on any atom is 0.471 e. The molecule has 0 aromatic carbocycles. The minimum Gasteiger partial charge on any atom is -0.341 e. The van der Waals surface area contributed by atoms with E-state index < -0.39 is 12.1 Å². The van der Waals surface area contributed by atoms with Crippen LogP contribution in [0.15, 0.2) is 29.0 Å². The first-order valence-electron chi connectivity index (χ1n) is 7.56. The SMILES string of the molecule is C#CCNC(=O)c1cnn(C(C)c2ccc(-c3noc(C(F)(F)F)n3)s2)c1. The second kappa shape index (κ2) is 7.24. The Morgan fingerprint density at radius 2 is 2.26 bits per heavy atom. The van der Waals surface area contributed by atoms with Crippen LogP contribution in [-0.2, 0) is 6.18 Å². The number of carbonyl (C=O) groups excluding carboxylic acids is 1. The molecule has 1 N–H and O–H groups in total. The summed E-state index contributed by atoms with van der Waals surface area (Å²) < 4.78 is 43.5. The van der Waals surface area contributed by atoms with Gasteiger partial charge in [-0.05, 0) is 19.1 Å². The van der Waals surface area contributed by atoms with E-state index in [0.717, 1.165) is 4.88 Å². The molecule has 0 spiro atoms. The monoisotopic (exact) mass is 395 g/mol. The zero-order valence-corrected chi connectivity index (χ0v) is 14.6. The van der Waals surface area contributed by atoms with Crippen molar-refractivity contribution >= 4 is 17.2 Å². The minimum absolute atomic E-state index is 0.110. The van der Waals surface area contributed by atoms with Crippen LogP contribution in [0.2, 0.25) is 0 Å². The predicted octanol–water partition coefficient (Wildman–Crippen LogP) is 2.99. The van der Waals surface area contributed by atoms with Gasteiger partial charge < -0.3 is 9.84 Å². The predicted molar refractivity (Wildman–Crippen MR) is 89.8 cm³/mol. The van der Waals surface area contributed by atoms with E-state index in [1.165, 1.54) is 17.5 Å². The van der Waals surface area contributed by atoms with Crippen molar-refractivity contribution in [2.75, 3.05) is 6.54 Å². The fraction of sp³-hybridized carbons (Fsp3) is 0.250. The van der Waals surface area contributed by atoms with Crippen LogP contribution in [0.25, 0.3) is 10.7 Å². The maximum atomic E-state index is 12.6. The Hall–Kier alpha value is -3.13. The van der Waals surface area contributed by atoms with Crippen molar-refractivity contribution in [3.63, 3.8) is 0 Å². The summed E-state index contributed by atoms with van der Waals surface area (Å²) in [6.45, 7) is 1.95. The average molecular weight is 395 g/mol. The number of nitrogens with one attached hydrogen (secondary N) is 1. The number of nitrogens with zero attached hydrogens (tertiary/aromatic N) is 4. The molecule has 0 saturated carbocycles. The molecule has 3 aromatic heterocycles. The summed E-state index contributed by atoms with van der Waals surface area (Å²) in [5.74, 6) is 0.431. The van der Waals surface area contributed by atoms with Crippen molar-refractivity contribution < 1.29 is 22.5 Å². The van der Waals surface area contributed by atoms with Crippen LogP contribution in [-0.4, -0.2) is 32.4 Å². The molecular formula is C16H12F3N5O2S. The van der Waals surface area contributed by atoms with Gasteiger partial charge in [0.1, 0.15) is 0 Å². The molecule has 3 heterocycles. The van der Waals surface area contributed by atoms with Gasteiger partial charge in [-0.15, -0.1) is 17.8 Å². The summed E-state index contributed by atoms with van der Waals surface area (Å²) in [5, 5.41) is 10.1. The van der Waals surface area contributed by atoms with E-state index in [2.05, 4.69) is 31.0 Å². The zero-order valence-electron chi connectivity index (χ0n) is 13.8. The quantitative estimate of drug-likeness (QED) is 0.672. The number of hydrogen-bond acceptors (Lipinski definition) is 6. The largest absolute Gasteiger partial charge is 0.471 e. The smallest absolute Gasteiger partial charge is 0.341 e. The number of carbonyl (C=O) groups is 1. The van der Waals surface area contributed by atoms with E-state index in [0.29, 0.717) is 10.4 Å². The van der Waals surface area contributed by atoms with Crippen molar-refractivity contribution in [1.29, 1.82) is 0 Å². The lowest BCUT2D eigenvalue weighted by Crippen LogP contribution is -2.23.